The molecule has 1 amide bonds. The van der Waals surface area contributed by atoms with Crippen LogP contribution in [0.25, 0.3) is 0 Å². The molecule has 0 spiro atoms. The minimum atomic E-state index is -0.938. The number of amides is 1. The molecule has 1 heterocycles. The van der Waals surface area contributed by atoms with E-state index in [0.717, 1.165) is 0 Å². The fourth-order valence-corrected chi connectivity index (χ4v) is 3.02. The average Bonchev–Trinajstić information content (AvgIpc) is 3.08. The predicted molar refractivity (Wildman–Crippen MR) is 110 cm³/mol. The maximum atomic E-state index is 12.4. The smallest absolute Gasteiger partial charge is 0.311 e. The lowest BCUT2D eigenvalue weighted by molar-refractivity contribution is -0.153. The molecular formula is C20H25BrN2O6. The van der Waals surface area contributed by atoms with Crippen molar-refractivity contribution in [2.75, 3.05) is 18.5 Å². The Labute approximate surface area is 178 Å². The minimum absolute atomic E-state index is 0.0279. The summed E-state index contributed by atoms with van der Waals surface area (Å²) in [6.45, 7) is 8.17. The number of hydrogen-bond acceptors (Lipinski definition) is 7. The summed E-state index contributed by atoms with van der Waals surface area (Å²) in [6.07, 6.45) is -0.643. The normalized spacial score (nSPS) is 11.6. The van der Waals surface area contributed by atoms with Gasteiger partial charge < -0.3 is 24.1 Å². The number of nitrogens with zero attached hydrogens (tertiary/aromatic N) is 1. The standard InChI is InChI=1S/C20H25BrN2O6/c1-5-15(20(25)22-18-8-12(4)29-23-18)28-19(24)10-13-9-16(26-6-2)17(27-7-3)11-14(13)21/h8-9,11,15H,5-7,10H2,1-4H3,(H,22,23,25). The van der Waals surface area contributed by atoms with Crippen molar-refractivity contribution in [3.05, 3.63) is 34.0 Å². The lowest BCUT2D eigenvalue weighted by Crippen LogP contribution is -2.32. The van der Waals surface area contributed by atoms with Gasteiger partial charge in [0.15, 0.2) is 23.4 Å². The number of nitrogens with one attached hydrogen (secondary N) is 1. The Hall–Kier alpha value is -2.55. The largest absolute Gasteiger partial charge is 0.490 e. The molecule has 2 rings (SSSR count). The minimum Gasteiger partial charge on any atom is -0.490 e. The van der Waals surface area contributed by atoms with Crippen LogP contribution in [0.2, 0.25) is 0 Å². The van der Waals surface area contributed by atoms with Crippen LogP contribution in [0, 0.1) is 6.92 Å². The van der Waals surface area contributed by atoms with E-state index in [1.54, 1.807) is 32.0 Å². The Kier molecular flexibility index (Phi) is 8.50. The zero-order chi connectivity index (χ0) is 21.4. The van der Waals surface area contributed by atoms with Gasteiger partial charge in [-0.05, 0) is 44.9 Å². The highest BCUT2D eigenvalue weighted by Gasteiger charge is 2.23. The van der Waals surface area contributed by atoms with Crippen molar-refractivity contribution in [2.24, 2.45) is 0 Å². The van der Waals surface area contributed by atoms with Crippen LogP contribution in [0.3, 0.4) is 0 Å². The monoisotopic (exact) mass is 468 g/mol. The number of carbonyl (C=O) groups is 2. The number of carbonyl (C=O) groups excluding carboxylic acids is 2. The molecule has 9 heteroatoms. The van der Waals surface area contributed by atoms with Gasteiger partial charge in [0.25, 0.3) is 5.91 Å². The summed E-state index contributed by atoms with van der Waals surface area (Å²) in [4.78, 5) is 24.8. The molecule has 1 N–H and O–H groups in total. The van der Waals surface area contributed by atoms with Crippen LogP contribution in [-0.2, 0) is 20.7 Å². The summed E-state index contributed by atoms with van der Waals surface area (Å²) >= 11 is 3.45. The van der Waals surface area contributed by atoms with Crippen LogP contribution in [-0.4, -0.2) is 36.4 Å². The van der Waals surface area contributed by atoms with Crippen molar-refractivity contribution >= 4 is 33.6 Å². The zero-order valence-electron chi connectivity index (χ0n) is 16.9. The van der Waals surface area contributed by atoms with E-state index in [4.69, 9.17) is 18.7 Å². The van der Waals surface area contributed by atoms with E-state index in [9.17, 15) is 9.59 Å². The van der Waals surface area contributed by atoms with E-state index >= 15 is 0 Å². The number of anilines is 1. The maximum Gasteiger partial charge on any atom is 0.311 e. The van der Waals surface area contributed by atoms with Gasteiger partial charge in [0.1, 0.15) is 5.76 Å². The van der Waals surface area contributed by atoms with Crippen molar-refractivity contribution < 1.29 is 28.3 Å². The Morgan fingerprint density at radius 3 is 2.34 bits per heavy atom. The topological polar surface area (TPSA) is 99.9 Å². The van der Waals surface area contributed by atoms with Gasteiger partial charge in [-0.1, -0.05) is 28.0 Å². The van der Waals surface area contributed by atoms with Gasteiger partial charge in [-0.25, -0.2) is 0 Å². The van der Waals surface area contributed by atoms with Gasteiger partial charge in [-0.3, -0.25) is 9.59 Å². The molecule has 1 atom stereocenters. The average molecular weight is 469 g/mol. The van der Waals surface area contributed by atoms with E-state index in [-0.39, 0.29) is 12.2 Å². The number of aryl methyl sites for hydroxylation is 1. The van der Waals surface area contributed by atoms with Crippen molar-refractivity contribution in [3.8, 4) is 11.5 Å². The van der Waals surface area contributed by atoms with Gasteiger partial charge in [-0.15, -0.1) is 0 Å². The summed E-state index contributed by atoms with van der Waals surface area (Å²) in [7, 11) is 0. The summed E-state index contributed by atoms with van der Waals surface area (Å²) in [5, 5.41) is 6.28. The molecule has 0 bridgehead atoms. The molecule has 0 saturated heterocycles. The zero-order valence-corrected chi connectivity index (χ0v) is 18.5. The Bertz CT molecular complexity index is 851. The summed E-state index contributed by atoms with van der Waals surface area (Å²) in [5.41, 5.74) is 0.671. The SMILES string of the molecule is CCOc1cc(Br)c(CC(=O)OC(CC)C(=O)Nc2cc(C)on2)cc1OCC. The molecule has 8 nitrogen and oxygen atoms in total. The molecule has 0 radical (unpaired) electrons. The second-order valence-electron chi connectivity index (χ2n) is 6.13. The van der Waals surface area contributed by atoms with Crippen molar-refractivity contribution in [2.45, 2.75) is 46.6 Å². The van der Waals surface area contributed by atoms with Crippen LogP contribution in [0.4, 0.5) is 5.82 Å². The Morgan fingerprint density at radius 1 is 1.14 bits per heavy atom. The molecule has 0 aliphatic carbocycles. The Balaban J connectivity index is 2.06. The first-order valence-electron chi connectivity index (χ1n) is 9.39. The van der Waals surface area contributed by atoms with E-state index in [2.05, 4.69) is 26.4 Å². The van der Waals surface area contributed by atoms with Gasteiger partial charge in [0.2, 0.25) is 0 Å². The molecule has 29 heavy (non-hydrogen) atoms. The van der Waals surface area contributed by atoms with Crippen molar-refractivity contribution in [3.63, 3.8) is 0 Å². The van der Waals surface area contributed by atoms with E-state index < -0.39 is 18.0 Å². The van der Waals surface area contributed by atoms with Gasteiger partial charge in [0, 0.05) is 10.5 Å². The molecule has 1 unspecified atom stereocenters. The lowest BCUT2D eigenvalue weighted by atomic mass is 10.1. The fourth-order valence-electron chi connectivity index (χ4n) is 2.56. The molecule has 0 fully saturated rings. The summed E-state index contributed by atoms with van der Waals surface area (Å²) in [6, 6.07) is 5.08. The molecule has 158 valence electrons. The third-order valence-corrected chi connectivity index (χ3v) is 4.60. The van der Waals surface area contributed by atoms with Crippen LogP contribution >= 0.6 is 15.9 Å². The van der Waals surface area contributed by atoms with Gasteiger partial charge in [0.05, 0.1) is 19.6 Å². The molecule has 0 aliphatic rings. The highest BCUT2D eigenvalue weighted by Crippen LogP contribution is 2.34. The van der Waals surface area contributed by atoms with E-state index in [1.165, 1.54) is 0 Å². The molecular weight excluding hydrogens is 444 g/mol. The molecule has 2 aromatic rings. The van der Waals surface area contributed by atoms with Crippen molar-refractivity contribution in [1.29, 1.82) is 0 Å². The van der Waals surface area contributed by atoms with Crippen LogP contribution < -0.4 is 14.8 Å². The second kappa shape index (κ2) is 10.8. The van der Waals surface area contributed by atoms with Crippen LogP contribution in [0.5, 0.6) is 11.5 Å². The third-order valence-electron chi connectivity index (χ3n) is 3.86. The lowest BCUT2D eigenvalue weighted by Gasteiger charge is -2.17. The second-order valence-corrected chi connectivity index (χ2v) is 6.99. The molecule has 0 aliphatic heterocycles. The number of ether oxygens (including phenoxy) is 3. The van der Waals surface area contributed by atoms with Crippen LogP contribution in [0.15, 0.2) is 27.2 Å². The van der Waals surface area contributed by atoms with E-state index in [1.807, 2.05) is 13.8 Å². The highest BCUT2D eigenvalue weighted by molar-refractivity contribution is 9.10. The number of rotatable bonds is 10. The first-order valence-corrected chi connectivity index (χ1v) is 10.2. The molecule has 1 aromatic heterocycles. The molecule has 1 aromatic carbocycles. The quantitative estimate of drug-likeness (QED) is 0.524. The van der Waals surface area contributed by atoms with Crippen molar-refractivity contribution in [1.82, 2.24) is 5.16 Å². The van der Waals surface area contributed by atoms with Crippen LogP contribution in [0.1, 0.15) is 38.5 Å². The number of halogens is 1. The van der Waals surface area contributed by atoms with E-state index in [0.29, 0.717) is 46.9 Å². The number of benzene rings is 1. The van der Waals surface area contributed by atoms with Gasteiger partial charge in [-0.2, -0.15) is 0 Å². The maximum absolute atomic E-state index is 12.4. The first-order chi connectivity index (χ1) is 13.9. The number of esters is 1. The number of hydrogen-bond donors (Lipinski definition) is 1. The fraction of sp³-hybridized carbons (Fsp3) is 0.450. The number of aromatic nitrogens is 1. The molecule has 0 saturated carbocycles. The third kappa shape index (κ3) is 6.49. The van der Waals surface area contributed by atoms with Gasteiger partial charge >= 0.3 is 5.97 Å². The summed E-state index contributed by atoms with van der Waals surface area (Å²) < 4.78 is 22.1. The first kappa shape index (κ1) is 22.7. The highest BCUT2D eigenvalue weighted by atomic mass is 79.9. The Morgan fingerprint density at radius 2 is 1.79 bits per heavy atom. The summed E-state index contributed by atoms with van der Waals surface area (Å²) in [5.74, 6) is 0.984. The predicted octanol–water partition coefficient (Wildman–Crippen LogP) is 4.05.